The molecule has 0 aliphatic carbocycles. The van der Waals surface area contributed by atoms with Gasteiger partial charge in [-0.1, -0.05) is 18.2 Å². The average molecular weight is 191 g/mol. The Balaban J connectivity index is 2.07. The van der Waals surface area contributed by atoms with E-state index < -0.39 is 5.97 Å². The smallest absolute Gasteiger partial charge is 0.303 e. The molecule has 1 aromatic carbocycles. The van der Waals surface area contributed by atoms with Crippen molar-refractivity contribution in [2.24, 2.45) is 0 Å². The Hall–Kier alpha value is -1.51. The molecule has 0 unspecified atom stereocenters. The molecule has 0 bridgehead atoms. The lowest BCUT2D eigenvalue weighted by Crippen LogP contribution is -2.05. The largest absolute Gasteiger partial charge is 0.481 e. The third kappa shape index (κ3) is 1.71. The fourth-order valence-electron chi connectivity index (χ4n) is 1.91. The van der Waals surface area contributed by atoms with Gasteiger partial charge in [-0.25, -0.2) is 0 Å². The number of aliphatic carboxylic acids is 1. The van der Waals surface area contributed by atoms with Gasteiger partial charge in [0.2, 0.25) is 0 Å². The summed E-state index contributed by atoms with van der Waals surface area (Å²) in [4.78, 5) is 10.4. The van der Waals surface area contributed by atoms with Crippen LogP contribution in [0, 0.1) is 0 Å². The van der Waals surface area contributed by atoms with E-state index >= 15 is 0 Å². The summed E-state index contributed by atoms with van der Waals surface area (Å²) in [5, 5.41) is 11.9. The lowest BCUT2D eigenvalue weighted by atomic mass is 9.96. The van der Waals surface area contributed by atoms with Gasteiger partial charge in [0.15, 0.2) is 0 Å². The van der Waals surface area contributed by atoms with E-state index in [0.29, 0.717) is 5.92 Å². The molecule has 74 valence electrons. The molecule has 1 aliphatic heterocycles. The van der Waals surface area contributed by atoms with Gasteiger partial charge in [-0.05, 0) is 18.1 Å². The summed E-state index contributed by atoms with van der Waals surface area (Å²) in [6.45, 7) is 0.868. The van der Waals surface area contributed by atoms with Crippen molar-refractivity contribution in [2.45, 2.75) is 18.8 Å². The highest BCUT2D eigenvalue weighted by atomic mass is 16.4. The van der Waals surface area contributed by atoms with Crippen molar-refractivity contribution >= 4 is 11.7 Å². The Bertz CT molecular complexity index is 349. The summed E-state index contributed by atoms with van der Waals surface area (Å²) in [6, 6.07) is 8.10. The van der Waals surface area contributed by atoms with Crippen LogP contribution in [0.4, 0.5) is 5.69 Å². The van der Waals surface area contributed by atoms with E-state index in [2.05, 4.69) is 11.4 Å². The number of carbonyl (C=O) groups is 1. The van der Waals surface area contributed by atoms with Crippen LogP contribution in [0.2, 0.25) is 0 Å². The Morgan fingerprint density at radius 3 is 3.07 bits per heavy atom. The van der Waals surface area contributed by atoms with Crippen LogP contribution in [-0.4, -0.2) is 17.6 Å². The standard InChI is InChI=1S/C11H13NO2/c13-11(14)6-5-8-7-12-10-4-2-1-3-9(8)10/h1-4,8,12H,5-7H2,(H,13,14)/t8-/m0/s1. The van der Waals surface area contributed by atoms with Gasteiger partial charge in [-0.15, -0.1) is 0 Å². The van der Waals surface area contributed by atoms with E-state index in [1.807, 2.05) is 18.2 Å². The van der Waals surface area contributed by atoms with Gasteiger partial charge in [0.1, 0.15) is 0 Å². The van der Waals surface area contributed by atoms with Gasteiger partial charge in [0.25, 0.3) is 0 Å². The van der Waals surface area contributed by atoms with Gasteiger partial charge < -0.3 is 10.4 Å². The van der Waals surface area contributed by atoms with Crippen LogP contribution >= 0.6 is 0 Å². The zero-order chi connectivity index (χ0) is 9.97. The molecule has 0 aromatic heterocycles. The minimum atomic E-state index is -0.714. The Kier molecular flexibility index (Phi) is 2.39. The normalized spacial score (nSPS) is 18.7. The van der Waals surface area contributed by atoms with Crippen molar-refractivity contribution < 1.29 is 9.90 Å². The van der Waals surface area contributed by atoms with E-state index in [9.17, 15) is 4.79 Å². The molecule has 1 aromatic rings. The van der Waals surface area contributed by atoms with Gasteiger partial charge >= 0.3 is 5.97 Å². The molecule has 2 N–H and O–H groups in total. The zero-order valence-electron chi connectivity index (χ0n) is 7.86. The van der Waals surface area contributed by atoms with Crippen molar-refractivity contribution in [2.75, 3.05) is 11.9 Å². The maximum absolute atomic E-state index is 10.4. The van der Waals surface area contributed by atoms with Gasteiger partial charge in [0, 0.05) is 24.6 Å². The van der Waals surface area contributed by atoms with Crippen molar-refractivity contribution in [1.29, 1.82) is 0 Å². The molecular formula is C11H13NO2. The predicted molar refractivity (Wildman–Crippen MR) is 54.5 cm³/mol. The van der Waals surface area contributed by atoms with Crippen molar-refractivity contribution in [3.63, 3.8) is 0 Å². The Morgan fingerprint density at radius 1 is 1.50 bits per heavy atom. The number of carboxylic acids is 1. The fraction of sp³-hybridized carbons (Fsp3) is 0.364. The molecule has 0 amide bonds. The number of anilines is 1. The lowest BCUT2D eigenvalue weighted by molar-refractivity contribution is -0.137. The number of fused-ring (bicyclic) bond motifs is 1. The summed E-state index contributed by atoms with van der Waals surface area (Å²) in [5.41, 5.74) is 2.41. The van der Waals surface area contributed by atoms with Crippen molar-refractivity contribution in [1.82, 2.24) is 0 Å². The third-order valence-electron chi connectivity index (χ3n) is 2.65. The van der Waals surface area contributed by atoms with Gasteiger partial charge in [-0.2, -0.15) is 0 Å². The first kappa shape index (κ1) is 9.06. The molecule has 0 radical (unpaired) electrons. The minimum absolute atomic E-state index is 0.251. The number of benzene rings is 1. The van der Waals surface area contributed by atoms with Crippen LogP contribution in [0.1, 0.15) is 24.3 Å². The Morgan fingerprint density at radius 2 is 2.29 bits per heavy atom. The molecule has 2 rings (SSSR count). The molecule has 3 nitrogen and oxygen atoms in total. The minimum Gasteiger partial charge on any atom is -0.481 e. The molecule has 1 aliphatic rings. The Labute approximate surface area is 82.8 Å². The molecule has 1 atom stereocenters. The molecule has 14 heavy (non-hydrogen) atoms. The number of rotatable bonds is 3. The molecular weight excluding hydrogens is 178 g/mol. The van der Waals surface area contributed by atoms with Crippen LogP contribution in [-0.2, 0) is 4.79 Å². The van der Waals surface area contributed by atoms with Gasteiger partial charge in [-0.3, -0.25) is 4.79 Å². The second-order valence-corrected chi connectivity index (χ2v) is 3.60. The first-order chi connectivity index (χ1) is 6.77. The van der Waals surface area contributed by atoms with E-state index in [-0.39, 0.29) is 6.42 Å². The van der Waals surface area contributed by atoms with Crippen LogP contribution < -0.4 is 5.32 Å². The van der Waals surface area contributed by atoms with Crippen molar-refractivity contribution in [3.05, 3.63) is 29.8 Å². The number of carboxylic acid groups (broad SMARTS) is 1. The SMILES string of the molecule is O=C(O)CC[C@H]1CNc2ccccc21. The zero-order valence-corrected chi connectivity index (χ0v) is 7.86. The highest BCUT2D eigenvalue weighted by molar-refractivity contribution is 5.67. The summed E-state index contributed by atoms with van der Waals surface area (Å²) in [5.74, 6) is -0.350. The van der Waals surface area contributed by atoms with Crippen LogP contribution in [0.25, 0.3) is 0 Å². The second-order valence-electron chi connectivity index (χ2n) is 3.60. The van der Waals surface area contributed by atoms with Gasteiger partial charge in [0.05, 0.1) is 0 Å². The fourth-order valence-corrected chi connectivity index (χ4v) is 1.91. The lowest BCUT2D eigenvalue weighted by Gasteiger charge is -2.07. The molecule has 0 fully saturated rings. The highest BCUT2D eigenvalue weighted by Crippen LogP contribution is 2.33. The monoisotopic (exact) mass is 191 g/mol. The number of para-hydroxylation sites is 1. The van der Waals surface area contributed by atoms with E-state index in [1.165, 1.54) is 5.56 Å². The van der Waals surface area contributed by atoms with Crippen LogP contribution in [0.15, 0.2) is 24.3 Å². The predicted octanol–water partition coefficient (Wildman–Crippen LogP) is 2.06. The summed E-state index contributed by atoms with van der Waals surface area (Å²) < 4.78 is 0. The molecule has 0 saturated heterocycles. The third-order valence-corrected chi connectivity index (χ3v) is 2.65. The van der Waals surface area contributed by atoms with E-state index in [0.717, 1.165) is 18.7 Å². The van der Waals surface area contributed by atoms with E-state index in [4.69, 9.17) is 5.11 Å². The average Bonchev–Trinajstić information content (AvgIpc) is 2.58. The molecule has 3 heteroatoms. The molecule has 1 heterocycles. The maximum atomic E-state index is 10.4. The quantitative estimate of drug-likeness (QED) is 0.768. The van der Waals surface area contributed by atoms with Crippen LogP contribution in [0.3, 0.4) is 0 Å². The second kappa shape index (κ2) is 3.70. The number of hydrogen-bond donors (Lipinski definition) is 2. The topological polar surface area (TPSA) is 49.3 Å². The summed E-state index contributed by atoms with van der Waals surface area (Å²) in [7, 11) is 0. The maximum Gasteiger partial charge on any atom is 0.303 e. The first-order valence-corrected chi connectivity index (χ1v) is 4.82. The molecule has 0 spiro atoms. The summed E-state index contributed by atoms with van der Waals surface area (Å²) >= 11 is 0. The van der Waals surface area contributed by atoms with E-state index in [1.54, 1.807) is 0 Å². The van der Waals surface area contributed by atoms with Crippen LogP contribution in [0.5, 0.6) is 0 Å². The van der Waals surface area contributed by atoms with Crippen molar-refractivity contribution in [3.8, 4) is 0 Å². The molecule has 0 saturated carbocycles. The highest BCUT2D eigenvalue weighted by Gasteiger charge is 2.21. The number of nitrogens with one attached hydrogen (secondary N) is 1. The summed E-state index contributed by atoms with van der Waals surface area (Å²) in [6.07, 6.45) is 0.972. The number of hydrogen-bond acceptors (Lipinski definition) is 2. The first-order valence-electron chi connectivity index (χ1n) is 4.82.